The average Bonchev–Trinajstić information content (AvgIpc) is 2.92. The number of amides is 1. The number of carbonyl (C=O) groups excluding carboxylic acids is 1. The molecule has 1 aromatic heterocycles. The predicted molar refractivity (Wildman–Crippen MR) is 87.5 cm³/mol. The molecule has 0 aliphatic heterocycles. The fourth-order valence-electron chi connectivity index (χ4n) is 1.91. The Balaban J connectivity index is 2.13. The molecule has 0 aliphatic rings. The van der Waals surface area contributed by atoms with E-state index in [2.05, 4.69) is 10.3 Å². The summed E-state index contributed by atoms with van der Waals surface area (Å²) in [6.07, 6.45) is -5.19. The van der Waals surface area contributed by atoms with Gasteiger partial charge in [0.05, 0.1) is 10.4 Å². The molecule has 1 atom stereocenters. The van der Waals surface area contributed by atoms with Gasteiger partial charge in [0.1, 0.15) is 11.7 Å². The standard InChI is InChI=1S/C16H17F3N2O3S/c1-15(2,3)24-14(23)21-13-20-8-11(25-13)12(22)9-5-4-6-10(7-9)16(17,18)19/h4-8,12,22H,1-3H3,(H,20,21,23). The number of halogens is 3. The average molecular weight is 374 g/mol. The summed E-state index contributed by atoms with van der Waals surface area (Å²) in [6, 6.07) is 4.42. The van der Waals surface area contributed by atoms with Gasteiger partial charge in [0.15, 0.2) is 5.13 Å². The number of ether oxygens (including phenoxy) is 1. The first kappa shape index (κ1) is 19.2. The molecule has 0 radical (unpaired) electrons. The second-order valence-corrected chi connectivity index (χ2v) is 7.28. The van der Waals surface area contributed by atoms with Gasteiger partial charge in [-0.2, -0.15) is 13.2 Å². The zero-order valence-electron chi connectivity index (χ0n) is 13.7. The van der Waals surface area contributed by atoms with Gasteiger partial charge in [-0.15, -0.1) is 0 Å². The molecule has 0 saturated heterocycles. The van der Waals surface area contributed by atoms with Gasteiger partial charge in [-0.05, 0) is 38.5 Å². The van der Waals surface area contributed by atoms with Crippen LogP contribution in [0.5, 0.6) is 0 Å². The van der Waals surface area contributed by atoms with Crippen molar-refractivity contribution >= 4 is 22.6 Å². The van der Waals surface area contributed by atoms with E-state index in [4.69, 9.17) is 4.74 Å². The summed E-state index contributed by atoms with van der Waals surface area (Å²) < 4.78 is 43.4. The maximum atomic E-state index is 12.8. The largest absolute Gasteiger partial charge is 0.444 e. The Labute approximate surface area is 146 Å². The molecule has 0 spiro atoms. The Bertz CT molecular complexity index is 754. The van der Waals surface area contributed by atoms with Crippen molar-refractivity contribution in [1.29, 1.82) is 0 Å². The molecule has 9 heteroatoms. The first-order chi connectivity index (χ1) is 11.5. The van der Waals surface area contributed by atoms with Gasteiger partial charge in [-0.1, -0.05) is 23.5 Å². The number of nitrogens with one attached hydrogen (secondary N) is 1. The fourth-order valence-corrected chi connectivity index (χ4v) is 2.73. The van der Waals surface area contributed by atoms with Crippen LogP contribution in [-0.2, 0) is 10.9 Å². The lowest BCUT2D eigenvalue weighted by molar-refractivity contribution is -0.137. The van der Waals surface area contributed by atoms with Crippen LogP contribution in [0.2, 0.25) is 0 Å². The number of benzene rings is 1. The molecule has 1 aromatic carbocycles. The van der Waals surface area contributed by atoms with Crippen LogP contribution in [0, 0.1) is 0 Å². The number of carbonyl (C=O) groups is 1. The Morgan fingerprint density at radius 2 is 2.00 bits per heavy atom. The number of aliphatic hydroxyl groups excluding tert-OH is 1. The zero-order valence-corrected chi connectivity index (χ0v) is 14.5. The van der Waals surface area contributed by atoms with Crippen molar-refractivity contribution in [1.82, 2.24) is 4.98 Å². The van der Waals surface area contributed by atoms with Crippen LogP contribution in [0.4, 0.5) is 23.1 Å². The maximum absolute atomic E-state index is 12.8. The van der Waals surface area contributed by atoms with Crippen LogP contribution in [0.25, 0.3) is 0 Å². The highest BCUT2D eigenvalue weighted by Crippen LogP contribution is 2.34. The van der Waals surface area contributed by atoms with E-state index < -0.39 is 29.5 Å². The highest BCUT2D eigenvalue weighted by Gasteiger charge is 2.31. The van der Waals surface area contributed by atoms with Crippen molar-refractivity contribution in [3.63, 3.8) is 0 Å². The Morgan fingerprint density at radius 3 is 2.60 bits per heavy atom. The van der Waals surface area contributed by atoms with E-state index in [1.165, 1.54) is 18.3 Å². The molecule has 25 heavy (non-hydrogen) atoms. The van der Waals surface area contributed by atoms with E-state index in [1.807, 2.05) is 0 Å². The zero-order chi connectivity index (χ0) is 18.8. The quantitative estimate of drug-likeness (QED) is 0.824. The molecule has 1 unspecified atom stereocenters. The SMILES string of the molecule is CC(C)(C)OC(=O)Nc1ncc(C(O)c2cccc(C(F)(F)F)c2)s1. The lowest BCUT2D eigenvalue weighted by Gasteiger charge is -2.18. The molecule has 5 nitrogen and oxygen atoms in total. The number of anilines is 1. The predicted octanol–water partition coefficient (Wildman–Crippen LogP) is 4.59. The molecule has 2 rings (SSSR count). The third-order valence-corrected chi connectivity index (χ3v) is 3.90. The normalized spacial score (nSPS) is 13.4. The minimum absolute atomic E-state index is 0.0855. The van der Waals surface area contributed by atoms with E-state index >= 15 is 0 Å². The number of aromatic nitrogens is 1. The van der Waals surface area contributed by atoms with E-state index in [9.17, 15) is 23.1 Å². The first-order valence-electron chi connectivity index (χ1n) is 7.26. The Kier molecular flexibility index (Phi) is 5.38. The van der Waals surface area contributed by atoms with Crippen molar-refractivity contribution in [2.75, 3.05) is 5.32 Å². The van der Waals surface area contributed by atoms with E-state index in [-0.39, 0.29) is 10.7 Å². The lowest BCUT2D eigenvalue weighted by Crippen LogP contribution is -2.27. The minimum Gasteiger partial charge on any atom is -0.444 e. The van der Waals surface area contributed by atoms with Gasteiger partial charge in [-0.25, -0.2) is 9.78 Å². The van der Waals surface area contributed by atoms with Gasteiger partial charge in [0.25, 0.3) is 0 Å². The molecule has 0 saturated carbocycles. The number of thiazole rings is 1. The topological polar surface area (TPSA) is 71.5 Å². The van der Waals surface area contributed by atoms with E-state index in [0.717, 1.165) is 23.5 Å². The number of hydrogen-bond acceptors (Lipinski definition) is 5. The second-order valence-electron chi connectivity index (χ2n) is 6.22. The van der Waals surface area contributed by atoms with E-state index in [0.29, 0.717) is 4.88 Å². The van der Waals surface area contributed by atoms with Crippen molar-refractivity contribution in [2.45, 2.75) is 38.7 Å². The molecule has 136 valence electrons. The minimum atomic E-state index is -4.49. The summed E-state index contributed by atoms with van der Waals surface area (Å²) >= 11 is 0.949. The van der Waals surface area contributed by atoms with Crippen molar-refractivity contribution in [2.24, 2.45) is 0 Å². The summed E-state index contributed by atoms with van der Waals surface area (Å²) in [5.74, 6) is 0. The molecule has 2 aromatic rings. The lowest BCUT2D eigenvalue weighted by atomic mass is 10.1. The number of alkyl halides is 3. The van der Waals surface area contributed by atoms with Gasteiger partial charge >= 0.3 is 12.3 Å². The summed E-state index contributed by atoms with van der Waals surface area (Å²) in [6.45, 7) is 5.12. The van der Waals surface area contributed by atoms with Gasteiger partial charge in [0, 0.05) is 6.20 Å². The Morgan fingerprint density at radius 1 is 1.32 bits per heavy atom. The second kappa shape index (κ2) is 7.01. The highest BCUT2D eigenvalue weighted by molar-refractivity contribution is 7.15. The number of aliphatic hydroxyl groups is 1. The smallest absolute Gasteiger partial charge is 0.416 e. The van der Waals surface area contributed by atoms with Crippen LogP contribution in [0.15, 0.2) is 30.5 Å². The third kappa shape index (κ3) is 5.43. The van der Waals surface area contributed by atoms with Gasteiger partial charge in [0.2, 0.25) is 0 Å². The summed E-state index contributed by atoms with van der Waals surface area (Å²) in [7, 11) is 0. The molecule has 0 bridgehead atoms. The van der Waals surface area contributed by atoms with Crippen LogP contribution in [-0.4, -0.2) is 21.8 Å². The maximum Gasteiger partial charge on any atom is 0.416 e. The summed E-state index contributed by atoms with van der Waals surface area (Å²) in [5, 5.41) is 12.9. The van der Waals surface area contributed by atoms with Gasteiger partial charge in [-0.3, -0.25) is 5.32 Å². The molecule has 0 fully saturated rings. The number of nitrogens with zero attached hydrogens (tertiary/aromatic N) is 1. The molecular formula is C16H17F3N2O3S. The first-order valence-corrected chi connectivity index (χ1v) is 8.08. The molecule has 1 heterocycles. The number of rotatable bonds is 3. The molecule has 2 N–H and O–H groups in total. The monoisotopic (exact) mass is 374 g/mol. The van der Waals surface area contributed by atoms with Crippen LogP contribution >= 0.6 is 11.3 Å². The van der Waals surface area contributed by atoms with Crippen molar-refractivity contribution in [3.05, 3.63) is 46.5 Å². The van der Waals surface area contributed by atoms with E-state index in [1.54, 1.807) is 20.8 Å². The fraction of sp³-hybridized carbons (Fsp3) is 0.375. The van der Waals surface area contributed by atoms with Crippen molar-refractivity contribution < 1.29 is 27.8 Å². The molecular weight excluding hydrogens is 357 g/mol. The molecule has 0 aliphatic carbocycles. The van der Waals surface area contributed by atoms with Crippen molar-refractivity contribution in [3.8, 4) is 0 Å². The summed E-state index contributed by atoms with van der Waals surface area (Å²) in [5.41, 5.74) is -1.44. The van der Waals surface area contributed by atoms with Crippen LogP contribution in [0.1, 0.15) is 42.9 Å². The Hall–Kier alpha value is -2.13. The van der Waals surface area contributed by atoms with Crippen LogP contribution < -0.4 is 5.32 Å². The molecule has 1 amide bonds. The summed E-state index contributed by atoms with van der Waals surface area (Å²) in [4.78, 5) is 15.9. The van der Waals surface area contributed by atoms with Crippen LogP contribution in [0.3, 0.4) is 0 Å². The third-order valence-electron chi connectivity index (χ3n) is 2.93. The number of hydrogen-bond donors (Lipinski definition) is 2. The highest BCUT2D eigenvalue weighted by atomic mass is 32.1. The van der Waals surface area contributed by atoms with Gasteiger partial charge < -0.3 is 9.84 Å².